The topological polar surface area (TPSA) is 17.1 Å². The fourth-order valence-electron chi connectivity index (χ4n) is 1.17. The number of halogens is 3. The molecule has 0 amide bonds. The number of carbonyl (C=O) groups is 1. The molecule has 1 aromatic carbocycles. The minimum Gasteiger partial charge on any atom is -0.294 e. The fourth-order valence-corrected chi connectivity index (χ4v) is 1.17. The zero-order valence-corrected chi connectivity index (χ0v) is 8.11. The Balaban J connectivity index is 3.14. The maximum absolute atomic E-state index is 13.1. The lowest BCUT2D eigenvalue weighted by Gasteiger charge is -2.04. The van der Waals surface area contributed by atoms with Gasteiger partial charge in [0.2, 0.25) is 0 Å². The largest absolute Gasteiger partial charge is 0.294 e. The second kappa shape index (κ2) is 4.29. The summed E-state index contributed by atoms with van der Waals surface area (Å²) in [5.41, 5.74) is -0.220. The van der Waals surface area contributed by atoms with Crippen molar-refractivity contribution in [3.63, 3.8) is 0 Å². The van der Waals surface area contributed by atoms with E-state index in [4.69, 9.17) is 0 Å². The summed E-state index contributed by atoms with van der Waals surface area (Å²) in [5.74, 6) is -4.15. The van der Waals surface area contributed by atoms with Gasteiger partial charge in [-0.05, 0) is 6.92 Å². The molecule has 0 aromatic heterocycles. The van der Waals surface area contributed by atoms with Crippen LogP contribution in [0.15, 0.2) is 24.3 Å². The second-order valence-electron chi connectivity index (χ2n) is 3.30. The Morgan fingerprint density at radius 3 is 2.13 bits per heavy atom. The van der Waals surface area contributed by atoms with Crippen molar-refractivity contribution < 1.29 is 18.0 Å². The van der Waals surface area contributed by atoms with Crippen LogP contribution in [0.5, 0.6) is 0 Å². The van der Waals surface area contributed by atoms with Gasteiger partial charge < -0.3 is 0 Å². The van der Waals surface area contributed by atoms with Crippen LogP contribution in [0, 0.1) is 17.5 Å². The van der Waals surface area contributed by atoms with Crippen LogP contribution < -0.4 is 0 Å². The van der Waals surface area contributed by atoms with E-state index in [0.29, 0.717) is 17.7 Å². The standard InChI is InChI=1S/C11H9F3O/c1-6(2)3-10(15)11-8(13)4-7(12)5-9(11)14/h4-5H,1,3H2,2H3. The predicted octanol–water partition coefficient (Wildman–Crippen LogP) is 3.25. The number of Topliss-reactive ketones (excluding diaryl/α,β-unsaturated/α-hetero) is 1. The average molecular weight is 214 g/mol. The molecule has 0 bridgehead atoms. The number of hydrogen-bond donors (Lipinski definition) is 0. The highest BCUT2D eigenvalue weighted by Crippen LogP contribution is 2.17. The van der Waals surface area contributed by atoms with Crippen molar-refractivity contribution in [2.24, 2.45) is 0 Å². The predicted molar refractivity (Wildman–Crippen MR) is 50.1 cm³/mol. The van der Waals surface area contributed by atoms with E-state index in [1.807, 2.05) is 0 Å². The third-order valence-electron chi connectivity index (χ3n) is 1.75. The van der Waals surface area contributed by atoms with Crippen LogP contribution in [0.3, 0.4) is 0 Å². The van der Waals surface area contributed by atoms with Gasteiger partial charge in [-0.25, -0.2) is 13.2 Å². The van der Waals surface area contributed by atoms with Gasteiger partial charge in [-0.2, -0.15) is 0 Å². The SMILES string of the molecule is C=C(C)CC(=O)c1c(F)cc(F)cc1F. The first-order chi connectivity index (χ1) is 6.91. The lowest BCUT2D eigenvalue weighted by atomic mass is 10.0. The van der Waals surface area contributed by atoms with Gasteiger partial charge in [0.05, 0.1) is 5.56 Å². The maximum Gasteiger partial charge on any atom is 0.172 e. The van der Waals surface area contributed by atoms with Crippen LogP contribution in [0.2, 0.25) is 0 Å². The molecule has 0 radical (unpaired) electrons. The van der Waals surface area contributed by atoms with E-state index < -0.39 is 28.8 Å². The number of benzene rings is 1. The fraction of sp³-hybridized carbons (Fsp3) is 0.182. The molecule has 0 aliphatic rings. The monoisotopic (exact) mass is 214 g/mol. The Labute approximate surface area is 85.2 Å². The number of hydrogen-bond acceptors (Lipinski definition) is 1. The molecule has 15 heavy (non-hydrogen) atoms. The first-order valence-electron chi connectivity index (χ1n) is 4.24. The lowest BCUT2D eigenvalue weighted by Crippen LogP contribution is -2.07. The number of ketones is 1. The average Bonchev–Trinajstić information content (AvgIpc) is 1.99. The highest BCUT2D eigenvalue weighted by atomic mass is 19.1. The molecule has 0 heterocycles. The van der Waals surface area contributed by atoms with Gasteiger partial charge in [-0.3, -0.25) is 4.79 Å². The normalized spacial score (nSPS) is 10.1. The number of carbonyl (C=O) groups excluding carboxylic acids is 1. The molecule has 0 saturated carbocycles. The van der Waals surface area contributed by atoms with Crippen molar-refractivity contribution in [3.05, 3.63) is 47.3 Å². The zero-order chi connectivity index (χ0) is 11.6. The van der Waals surface area contributed by atoms with Crippen molar-refractivity contribution >= 4 is 5.78 Å². The van der Waals surface area contributed by atoms with Gasteiger partial charge in [-0.15, -0.1) is 0 Å². The molecule has 1 rings (SSSR count). The first kappa shape index (κ1) is 11.5. The smallest absolute Gasteiger partial charge is 0.172 e. The van der Waals surface area contributed by atoms with Gasteiger partial charge in [0, 0.05) is 18.6 Å². The summed E-state index contributed by atoms with van der Waals surface area (Å²) in [6.07, 6.45) is -0.153. The molecule has 1 nitrogen and oxygen atoms in total. The van der Waals surface area contributed by atoms with E-state index >= 15 is 0 Å². The Kier molecular flexibility index (Phi) is 3.29. The Morgan fingerprint density at radius 2 is 1.73 bits per heavy atom. The van der Waals surface area contributed by atoms with Crippen molar-refractivity contribution in [1.82, 2.24) is 0 Å². The van der Waals surface area contributed by atoms with E-state index in [1.165, 1.54) is 0 Å². The van der Waals surface area contributed by atoms with E-state index in [-0.39, 0.29) is 6.42 Å². The van der Waals surface area contributed by atoms with Crippen LogP contribution in [0.1, 0.15) is 23.7 Å². The highest BCUT2D eigenvalue weighted by Gasteiger charge is 2.18. The molecule has 0 aliphatic heterocycles. The summed E-state index contributed by atoms with van der Waals surface area (Å²) in [7, 11) is 0. The van der Waals surface area contributed by atoms with Crippen LogP contribution in [0.4, 0.5) is 13.2 Å². The molecule has 1 aromatic rings. The van der Waals surface area contributed by atoms with Gasteiger partial charge >= 0.3 is 0 Å². The van der Waals surface area contributed by atoms with E-state index in [2.05, 4.69) is 6.58 Å². The van der Waals surface area contributed by atoms with Crippen molar-refractivity contribution in [3.8, 4) is 0 Å². The van der Waals surface area contributed by atoms with Gasteiger partial charge in [0.15, 0.2) is 5.78 Å². The molecule has 0 N–H and O–H groups in total. The third kappa shape index (κ3) is 2.68. The summed E-state index contributed by atoms with van der Waals surface area (Å²) in [4.78, 5) is 11.3. The zero-order valence-electron chi connectivity index (χ0n) is 8.11. The Hall–Kier alpha value is -1.58. The quantitative estimate of drug-likeness (QED) is 0.557. The number of allylic oxidation sites excluding steroid dienone is 1. The minimum atomic E-state index is -1.18. The summed E-state index contributed by atoms with van der Waals surface area (Å²) in [6, 6.07) is 0.962. The summed E-state index contributed by atoms with van der Waals surface area (Å²) in [6.45, 7) is 5.02. The minimum absolute atomic E-state index is 0.153. The lowest BCUT2D eigenvalue weighted by molar-refractivity contribution is 0.0985. The molecule has 0 spiro atoms. The first-order valence-corrected chi connectivity index (χ1v) is 4.24. The van der Waals surface area contributed by atoms with Crippen LogP contribution in [-0.4, -0.2) is 5.78 Å². The molecule has 0 fully saturated rings. The second-order valence-corrected chi connectivity index (χ2v) is 3.30. The maximum atomic E-state index is 13.1. The molecule has 4 heteroatoms. The third-order valence-corrected chi connectivity index (χ3v) is 1.75. The van der Waals surface area contributed by atoms with E-state index in [0.717, 1.165) is 0 Å². The van der Waals surface area contributed by atoms with Gasteiger partial charge in [0.25, 0.3) is 0 Å². The van der Waals surface area contributed by atoms with E-state index in [9.17, 15) is 18.0 Å². The molecular formula is C11H9F3O. The molecular weight excluding hydrogens is 205 g/mol. The Bertz CT molecular complexity index is 401. The summed E-state index contributed by atoms with van der Waals surface area (Å²) < 4.78 is 38.7. The van der Waals surface area contributed by atoms with Crippen molar-refractivity contribution in [2.75, 3.05) is 0 Å². The molecule has 0 atom stereocenters. The van der Waals surface area contributed by atoms with Crippen LogP contribution in [-0.2, 0) is 0 Å². The molecule has 80 valence electrons. The molecule has 0 aliphatic carbocycles. The molecule has 0 unspecified atom stereocenters. The van der Waals surface area contributed by atoms with E-state index in [1.54, 1.807) is 6.92 Å². The highest BCUT2D eigenvalue weighted by molar-refractivity contribution is 5.97. The van der Waals surface area contributed by atoms with Crippen molar-refractivity contribution in [1.29, 1.82) is 0 Å². The summed E-state index contributed by atoms with van der Waals surface area (Å²) >= 11 is 0. The Morgan fingerprint density at radius 1 is 1.27 bits per heavy atom. The van der Waals surface area contributed by atoms with Crippen LogP contribution in [0.25, 0.3) is 0 Å². The van der Waals surface area contributed by atoms with Crippen LogP contribution >= 0.6 is 0 Å². The number of rotatable bonds is 3. The van der Waals surface area contributed by atoms with Crippen molar-refractivity contribution in [2.45, 2.75) is 13.3 Å². The van der Waals surface area contributed by atoms with Gasteiger partial charge in [0.1, 0.15) is 17.5 Å². The molecule has 0 saturated heterocycles. The summed E-state index contributed by atoms with van der Waals surface area (Å²) in [5, 5.41) is 0. The van der Waals surface area contributed by atoms with Gasteiger partial charge in [-0.1, -0.05) is 12.2 Å².